The van der Waals surface area contributed by atoms with Gasteiger partial charge in [0.15, 0.2) is 5.16 Å². The highest BCUT2D eigenvalue weighted by Crippen LogP contribution is 2.26. The maximum atomic E-state index is 5.98. The van der Waals surface area contributed by atoms with Crippen LogP contribution in [0.25, 0.3) is 0 Å². The van der Waals surface area contributed by atoms with E-state index in [4.69, 9.17) is 5.73 Å². The molecule has 1 atom stereocenters. The Morgan fingerprint density at radius 2 is 2.06 bits per heavy atom. The van der Waals surface area contributed by atoms with Crippen molar-refractivity contribution in [3.8, 4) is 0 Å². The van der Waals surface area contributed by atoms with Gasteiger partial charge in [0.05, 0.1) is 0 Å². The molecule has 0 saturated heterocycles. The third-order valence-electron chi connectivity index (χ3n) is 2.73. The zero-order valence-corrected chi connectivity index (χ0v) is 10.9. The lowest BCUT2D eigenvalue weighted by Gasteiger charge is -2.09. The molecule has 90 valence electrons. The first-order chi connectivity index (χ1) is 8.20. The number of hydrogen-bond donors (Lipinski definition) is 1. The summed E-state index contributed by atoms with van der Waals surface area (Å²) >= 11 is 1.66. The average molecular weight is 247 g/mol. The Balaban J connectivity index is 2.11. The third-order valence-corrected chi connectivity index (χ3v) is 3.82. The van der Waals surface area contributed by atoms with E-state index in [1.807, 2.05) is 24.0 Å². The summed E-state index contributed by atoms with van der Waals surface area (Å²) in [6, 6.07) is 8.54. The van der Waals surface area contributed by atoms with Crippen LogP contribution in [-0.2, 0) is 7.05 Å². The fourth-order valence-electron chi connectivity index (χ4n) is 1.57. The number of aryl methyl sites for hydroxylation is 1. The Morgan fingerprint density at radius 1 is 1.35 bits per heavy atom. The monoisotopic (exact) mass is 247 g/mol. The first-order valence-electron chi connectivity index (χ1n) is 5.71. The first-order valence-corrected chi connectivity index (χ1v) is 6.53. The Hall–Kier alpha value is -1.26. The molecule has 0 bridgehead atoms. The van der Waals surface area contributed by atoms with Crippen LogP contribution < -0.4 is 5.73 Å². The number of nitrogens with zero attached hydrogens (tertiary/aromatic N) is 2. The van der Waals surface area contributed by atoms with Crippen LogP contribution in [-0.4, -0.2) is 9.55 Å². The summed E-state index contributed by atoms with van der Waals surface area (Å²) in [6.45, 7) is 2.10. The van der Waals surface area contributed by atoms with E-state index in [2.05, 4.69) is 36.2 Å². The molecule has 0 fully saturated rings. The zero-order chi connectivity index (χ0) is 12.3. The summed E-state index contributed by atoms with van der Waals surface area (Å²) in [5, 5.41) is 0.998. The molecular weight excluding hydrogens is 230 g/mol. The zero-order valence-electron chi connectivity index (χ0n) is 10.1. The quantitative estimate of drug-likeness (QED) is 0.903. The SMILES string of the molecule is CC[C@H](N)c1ccc(Sc2nccn2C)cc1. The Morgan fingerprint density at radius 3 is 2.59 bits per heavy atom. The van der Waals surface area contributed by atoms with Crippen molar-refractivity contribution < 1.29 is 0 Å². The average Bonchev–Trinajstić information content (AvgIpc) is 2.75. The molecule has 0 unspecified atom stereocenters. The molecule has 0 aliphatic carbocycles. The number of nitrogens with two attached hydrogens (primary N) is 1. The van der Waals surface area contributed by atoms with Gasteiger partial charge in [0.25, 0.3) is 0 Å². The Kier molecular flexibility index (Phi) is 3.86. The maximum absolute atomic E-state index is 5.98. The lowest BCUT2D eigenvalue weighted by Crippen LogP contribution is -2.07. The minimum Gasteiger partial charge on any atom is -0.329 e. The maximum Gasteiger partial charge on any atom is 0.172 e. The molecule has 0 aliphatic rings. The standard InChI is InChI=1S/C13H17N3S/c1-3-12(14)10-4-6-11(7-5-10)17-13-15-8-9-16(13)2/h4-9,12H,3,14H2,1-2H3/t12-/m0/s1. The van der Waals surface area contributed by atoms with Gasteiger partial charge >= 0.3 is 0 Å². The van der Waals surface area contributed by atoms with E-state index in [0.29, 0.717) is 0 Å². The summed E-state index contributed by atoms with van der Waals surface area (Å²) in [6.07, 6.45) is 4.72. The van der Waals surface area contributed by atoms with Gasteiger partial charge in [-0.1, -0.05) is 30.8 Å². The second-order valence-corrected chi connectivity index (χ2v) is 5.05. The smallest absolute Gasteiger partial charge is 0.172 e. The van der Waals surface area contributed by atoms with Crippen LogP contribution in [0.4, 0.5) is 0 Å². The highest BCUT2D eigenvalue weighted by atomic mass is 32.2. The Bertz CT molecular complexity index is 476. The fraction of sp³-hybridized carbons (Fsp3) is 0.308. The molecule has 0 radical (unpaired) electrons. The number of imidazole rings is 1. The van der Waals surface area contributed by atoms with E-state index in [0.717, 1.165) is 11.6 Å². The molecule has 2 rings (SSSR count). The molecule has 0 saturated carbocycles. The van der Waals surface area contributed by atoms with Crippen molar-refractivity contribution in [2.24, 2.45) is 12.8 Å². The van der Waals surface area contributed by atoms with Crippen LogP contribution in [0.5, 0.6) is 0 Å². The normalized spacial score (nSPS) is 12.6. The van der Waals surface area contributed by atoms with E-state index in [1.54, 1.807) is 11.8 Å². The van der Waals surface area contributed by atoms with Gasteiger partial charge in [-0.25, -0.2) is 4.98 Å². The number of hydrogen-bond acceptors (Lipinski definition) is 3. The predicted molar refractivity (Wildman–Crippen MR) is 71.0 cm³/mol. The van der Waals surface area contributed by atoms with E-state index in [1.165, 1.54) is 10.5 Å². The third kappa shape index (κ3) is 2.90. The topological polar surface area (TPSA) is 43.8 Å². The van der Waals surface area contributed by atoms with Crippen molar-refractivity contribution in [2.75, 3.05) is 0 Å². The summed E-state index contributed by atoms with van der Waals surface area (Å²) in [5.41, 5.74) is 7.17. The summed E-state index contributed by atoms with van der Waals surface area (Å²) in [5.74, 6) is 0. The number of benzene rings is 1. The van der Waals surface area contributed by atoms with Gasteiger partial charge in [0, 0.05) is 30.4 Å². The van der Waals surface area contributed by atoms with Gasteiger partial charge < -0.3 is 10.3 Å². The van der Waals surface area contributed by atoms with Gasteiger partial charge in [0.1, 0.15) is 0 Å². The van der Waals surface area contributed by atoms with Crippen molar-refractivity contribution >= 4 is 11.8 Å². The molecule has 1 heterocycles. The largest absolute Gasteiger partial charge is 0.329 e. The fourth-order valence-corrected chi connectivity index (χ4v) is 2.38. The molecule has 0 aliphatic heterocycles. The van der Waals surface area contributed by atoms with Crippen molar-refractivity contribution in [3.63, 3.8) is 0 Å². The van der Waals surface area contributed by atoms with E-state index in [9.17, 15) is 0 Å². The molecule has 4 heteroatoms. The van der Waals surface area contributed by atoms with Crippen LogP contribution in [0.15, 0.2) is 46.7 Å². The molecular formula is C13H17N3S. The lowest BCUT2D eigenvalue weighted by molar-refractivity contribution is 0.698. The van der Waals surface area contributed by atoms with Crippen molar-refractivity contribution in [2.45, 2.75) is 29.4 Å². The van der Waals surface area contributed by atoms with Gasteiger partial charge in [0.2, 0.25) is 0 Å². The minimum absolute atomic E-state index is 0.141. The molecule has 17 heavy (non-hydrogen) atoms. The second-order valence-electron chi connectivity index (χ2n) is 4.01. The highest BCUT2D eigenvalue weighted by Gasteiger charge is 2.05. The van der Waals surface area contributed by atoms with E-state index < -0.39 is 0 Å². The highest BCUT2D eigenvalue weighted by molar-refractivity contribution is 7.99. The second kappa shape index (κ2) is 5.38. The van der Waals surface area contributed by atoms with Gasteiger partial charge in [-0.05, 0) is 24.1 Å². The summed E-state index contributed by atoms with van der Waals surface area (Å²) < 4.78 is 2.01. The molecule has 2 aromatic rings. The van der Waals surface area contributed by atoms with Crippen LogP contribution in [0.1, 0.15) is 24.9 Å². The Labute approximate surface area is 106 Å². The summed E-state index contributed by atoms with van der Waals surface area (Å²) in [7, 11) is 2.00. The van der Waals surface area contributed by atoms with Gasteiger partial charge in [-0.15, -0.1) is 0 Å². The minimum atomic E-state index is 0.141. The number of rotatable bonds is 4. The molecule has 1 aromatic carbocycles. The van der Waals surface area contributed by atoms with E-state index >= 15 is 0 Å². The summed E-state index contributed by atoms with van der Waals surface area (Å²) in [4.78, 5) is 5.47. The van der Waals surface area contributed by atoms with Crippen LogP contribution in [0.3, 0.4) is 0 Å². The van der Waals surface area contributed by atoms with Crippen LogP contribution in [0.2, 0.25) is 0 Å². The van der Waals surface area contributed by atoms with Gasteiger partial charge in [-0.2, -0.15) is 0 Å². The van der Waals surface area contributed by atoms with Crippen molar-refractivity contribution in [1.82, 2.24) is 9.55 Å². The van der Waals surface area contributed by atoms with Gasteiger partial charge in [-0.3, -0.25) is 0 Å². The lowest BCUT2D eigenvalue weighted by atomic mass is 10.1. The van der Waals surface area contributed by atoms with Crippen LogP contribution in [0, 0.1) is 0 Å². The number of aromatic nitrogens is 2. The van der Waals surface area contributed by atoms with Crippen LogP contribution >= 0.6 is 11.8 Å². The molecule has 1 aromatic heterocycles. The first kappa shape index (κ1) is 12.2. The molecule has 3 nitrogen and oxygen atoms in total. The van der Waals surface area contributed by atoms with Crippen molar-refractivity contribution in [3.05, 3.63) is 42.2 Å². The molecule has 0 amide bonds. The predicted octanol–water partition coefficient (Wildman–Crippen LogP) is 2.98. The molecule has 2 N–H and O–H groups in total. The van der Waals surface area contributed by atoms with E-state index in [-0.39, 0.29) is 6.04 Å². The van der Waals surface area contributed by atoms with Crippen molar-refractivity contribution in [1.29, 1.82) is 0 Å². The molecule has 0 spiro atoms.